The van der Waals surface area contributed by atoms with Crippen molar-refractivity contribution in [2.45, 2.75) is 5.44 Å². The molecule has 5 N–H and O–H groups in total. The molecule has 0 aliphatic heterocycles. The Hall–Kier alpha value is -1.73. The van der Waals surface area contributed by atoms with Crippen LogP contribution in [0.4, 0.5) is 5.69 Å². The molecule has 10 nitrogen and oxygen atoms in total. The van der Waals surface area contributed by atoms with Gasteiger partial charge in [-0.1, -0.05) is 0 Å². The lowest BCUT2D eigenvalue weighted by atomic mass is 10.2. The number of hydrogen-bond donors (Lipinski definition) is 4. The smallest absolute Gasteiger partial charge is 0.397 e. The van der Waals surface area contributed by atoms with Crippen molar-refractivity contribution >= 4 is 31.8 Å². The van der Waals surface area contributed by atoms with Crippen molar-refractivity contribution in [2.24, 2.45) is 0 Å². The Morgan fingerprint density at radius 2 is 1.78 bits per heavy atom. The Bertz CT molecular complexity index is 743. The summed E-state index contributed by atoms with van der Waals surface area (Å²) in [4.78, 5) is 11.7. The van der Waals surface area contributed by atoms with Crippen molar-refractivity contribution in [3.63, 3.8) is 0 Å². The first kappa shape index (κ1) is 19.3. The van der Waals surface area contributed by atoms with E-state index < -0.39 is 43.9 Å². The van der Waals surface area contributed by atoms with E-state index in [0.717, 1.165) is 0 Å². The molecule has 1 rings (SSSR count). The van der Waals surface area contributed by atoms with Gasteiger partial charge in [-0.25, -0.2) is 12.6 Å². The highest BCUT2D eigenvalue weighted by Crippen LogP contribution is 2.05. The third kappa shape index (κ3) is 6.92. The van der Waals surface area contributed by atoms with Crippen LogP contribution in [0.25, 0.3) is 0 Å². The summed E-state index contributed by atoms with van der Waals surface area (Å²) in [6, 6.07) is 5.91. The molecule has 0 saturated heterocycles. The molecule has 1 unspecified atom stereocenters. The van der Waals surface area contributed by atoms with Crippen LogP contribution in [0.3, 0.4) is 0 Å². The Labute approximate surface area is 133 Å². The Kier molecular flexibility index (Phi) is 6.47. The molecule has 0 aliphatic carbocycles. The van der Waals surface area contributed by atoms with Gasteiger partial charge in [0, 0.05) is 17.8 Å². The van der Waals surface area contributed by atoms with E-state index >= 15 is 0 Å². The minimum atomic E-state index is -4.86. The molecule has 0 aromatic heterocycles. The number of anilines is 1. The van der Waals surface area contributed by atoms with Crippen molar-refractivity contribution in [1.29, 1.82) is 0 Å². The molecule has 0 saturated carbocycles. The lowest BCUT2D eigenvalue weighted by Crippen LogP contribution is -2.35. The minimum absolute atomic E-state index is 0.270. The predicted molar refractivity (Wildman–Crippen MR) is 80.5 cm³/mol. The number of nitrogen functional groups attached to an aromatic ring is 1. The molecule has 1 aromatic rings. The number of rotatable bonds is 8. The molecule has 23 heavy (non-hydrogen) atoms. The van der Waals surface area contributed by atoms with Gasteiger partial charge in [-0.3, -0.25) is 9.35 Å². The van der Waals surface area contributed by atoms with E-state index in [1.807, 2.05) is 0 Å². The molecule has 0 bridgehead atoms. The Morgan fingerprint density at radius 1 is 1.22 bits per heavy atom. The summed E-state index contributed by atoms with van der Waals surface area (Å²) in [6.45, 7) is -1.46. The van der Waals surface area contributed by atoms with Gasteiger partial charge in [-0.2, -0.15) is 8.42 Å². The summed E-state index contributed by atoms with van der Waals surface area (Å²) in [7, 11) is -9.00. The second-order valence-electron chi connectivity index (χ2n) is 4.41. The highest BCUT2D eigenvalue weighted by atomic mass is 32.3. The average Bonchev–Trinajstić information content (AvgIpc) is 2.44. The second-order valence-corrected chi connectivity index (χ2v) is 7.78. The van der Waals surface area contributed by atoms with Gasteiger partial charge in [-0.05, 0) is 24.3 Å². The Balaban J connectivity index is 2.49. The number of carbonyl (C=O) groups excluding carboxylic acids is 1. The van der Waals surface area contributed by atoms with E-state index in [1.165, 1.54) is 24.3 Å². The number of carbonyl (C=O) groups is 1. The van der Waals surface area contributed by atoms with E-state index in [1.54, 1.807) is 0 Å². The predicted octanol–water partition coefficient (Wildman–Crippen LogP) is -1.45. The fraction of sp³-hybridized carbons (Fsp3) is 0.364. The van der Waals surface area contributed by atoms with E-state index in [9.17, 15) is 26.7 Å². The topological polar surface area (TPSA) is 173 Å². The van der Waals surface area contributed by atoms with Crippen LogP contribution in [-0.2, 0) is 24.4 Å². The van der Waals surface area contributed by atoms with Crippen LogP contribution >= 0.6 is 0 Å². The summed E-state index contributed by atoms with van der Waals surface area (Å²) in [5, 5.41) is 11.7. The van der Waals surface area contributed by atoms with Gasteiger partial charge in [0.25, 0.3) is 5.91 Å². The summed E-state index contributed by atoms with van der Waals surface area (Å²) in [6.07, 6.45) is 0. The first-order valence-electron chi connectivity index (χ1n) is 6.16. The van der Waals surface area contributed by atoms with Gasteiger partial charge in [0.2, 0.25) is 0 Å². The van der Waals surface area contributed by atoms with Gasteiger partial charge < -0.3 is 16.2 Å². The molecule has 0 heterocycles. The zero-order chi connectivity index (χ0) is 17.7. The molecule has 12 heteroatoms. The molecule has 1 atom stereocenters. The van der Waals surface area contributed by atoms with Gasteiger partial charge in [0.15, 0.2) is 15.3 Å². The Morgan fingerprint density at radius 3 is 2.30 bits per heavy atom. The van der Waals surface area contributed by atoms with Crippen LogP contribution in [0, 0.1) is 0 Å². The van der Waals surface area contributed by atoms with E-state index in [4.69, 9.17) is 10.3 Å². The molecular weight excluding hydrogens is 352 g/mol. The summed E-state index contributed by atoms with van der Waals surface area (Å²) >= 11 is 0. The normalized spacial score (nSPS) is 13.5. The molecule has 0 aliphatic rings. The van der Waals surface area contributed by atoms with Crippen LogP contribution in [-0.4, -0.2) is 56.7 Å². The van der Waals surface area contributed by atoms with Crippen molar-refractivity contribution in [3.05, 3.63) is 29.8 Å². The van der Waals surface area contributed by atoms with Crippen LogP contribution in [0.2, 0.25) is 0 Å². The first-order chi connectivity index (χ1) is 10.5. The SMILES string of the molecule is Nc1ccc(C(=O)NCCS(=O)(=O)C(O)COS(=O)(=O)O)cc1. The largest absolute Gasteiger partial charge is 0.399 e. The molecular formula is C11H16N2O8S2. The molecule has 1 aromatic carbocycles. The van der Waals surface area contributed by atoms with Crippen molar-refractivity contribution in [1.82, 2.24) is 5.32 Å². The lowest BCUT2D eigenvalue weighted by Gasteiger charge is -2.11. The summed E-state index contributed by atoms with van der Waals surface area (Å²) < 4.78 is 56.0. The second kappa shape index (κ2) is 7.70. The zero-order valence-electron chi connectivity index (χ0n) is 11.7. The quantitative estimate of drug-likeness (QED) is 0.316. The van der Waals surface area contributed by atoms with E-state index in [2.05, 4.69) is 9.50 Å². The number of sulfone groups is 1. The number of aliphatic hydroxyl groups is 1. The van der Waals surface area contributed by atoms with Crippen LogP contribution < -0.4 is 11.1 Å². The van der Waals surface area contributed by atoms with Crippen LogP contribution in [0.15, 0.2) is 24.3 Å². The molecule has 0 fully saturated rings. The summed E-state index contributed by atoms with van der Waals surface area (Å²) in [5.41, 5.74) is 4.04. The fourth-order valence-electron chi connectivity index (χ4n) is 1.43. The number of benzene rings is 1. The van der Waals surface area contributed by atoms with Gasteiger partial charge >= 0.3 is 10.4 Å². The van der Waals surface area contributed by atoms with E-state index in [0.29, 0.717) is 5.69 Å². The average molecular weight is 368 g/mol. The molecule has 0 radical (unpaired) electrons. The van der Waals surface area contributed by atoms with Gasteiger partial charge in [0.1, 0.15) is 6.61 Å². The van der Waals surface area contributed by atoms with Crippen LogP contribution in [0.1, 0.15) is 10.4 Å². The molecule has 1 amide bonds. The number of aliphatic hydroxyl groups excluding tert-OH is 1. The molecule has 130 valence electrons. The fourth-order valence-corrected chi connectivity index (χ4v) is 2.75. The maximum Gasteiger partial charge on any atom is 0.397 e. The molecule has 0 spiro atoms. The van der Waals surface area contributed by atoms with Crippen molar-refractivity contribution in [2.75, 3.05) is 24.6 Å². The summed E-state index contributed by atoms with van der Waals surface area (Å²) in [5.74, 6) is -1.19. The third-order valence-electron chi connectivity index (χ3n) is 2.62. The monoisotopic (exact) mass is 368 g/mol. The standard InChI is InChI=1S/C11H16N2O8S2/c12-9-3-1-8(2-4-9)11(15)13-5-6-22(16,17)10(14)7-21-23(18,19)20/h1-4,10,14H,5-7,12H2,(H,13,15)(H,18,19,20). The van der Waals surface area contributed by atoms with Crippen molar-refractivity contribution in [3.8, 4) is 0 Å². The highest BCUT2D eigenvalue weighted by Gasteiger charge is 2.25. The highest BCUT2D eigenvalue weighted by molar-refractivity contribution is 7.91. The lowest BCUT2D eigenvalue weighted by molar-refractivity contribution is 0.0956. The maximum absolute atomic E-state index is 11.7. The number of nitrogens with one attached hydrogen (secondary N) is 1. The van der Waals surface area contributed by atoms with Crippen LogP contribution in [0.5, 0.6) is 0 Å². The van der Waals surface area contributed by atoms with Crippen molar-refractivity contribution < 1.29 is 35.5 Å². The number of amides is 1. The minimum Gasteiger partial charge on any atom is -0.399 e. The zero-order valence-corrected chi connectivity index (χ0v) is 13.4. The van der Waals surface area contributed by atoms with Gasteiger partial charge in [-0.15, -0.1) is 0 Å². The van der Waals surface area contributed by atoms with E-state index in [-0.39, 0.29) is 12.1 Å². The third-order valence-corrected chi connectivity index (χ3v) is 4.79. The van der Waals surface area contributed by atoms with Gasteiger partial charge in [0.05, 0.1) is 5.75 Å². The number of nitrogens with two attached hydrogens (primary N) is 1. The number of hydrogen-bond acceptors (Lipinski definition) is 8. The first-order valence-corrected chi connectivity index (χ1v) is 9.24. The maximum atomic E-state index is 11.7.